The highest BCUT2D eigenvalue weighted by atomic mass is 79.9. The van der Waals surface area contributed by atoms with Gasteiger partial charge in [-0.25, -0.2) is 0 Å². The maximum Gasteiger partial charge on any atom is 0.303 e. The standard InChI is InChI=1S/C11H11BrN2O2/c1-14-9-6-7(3-5-10(15)16)2-4-8(9)11(12)13-14/h2,4,6H,3,5H2,1H3,(H,15,16). The van der Waals surface area contributed by atoms with E-state index in [0.717, 1.165) is 21.1 Å². The number of carboxylic acid groups (broad SMARTS) is 1. The minimum Gasteiger partial charge on any atom is -0.481 e. The number of hydrogen-bond acceptors (Lipinski definition) is 2. The van der Waals surface area contributed by atoms with Gasteiger partial charge in [-0.3, -0.25) is 9.48 Å². The second-order valence-electron chi connectivity index (χ2n) is 3.66. The Morgan fingerprint density at radius 1 is 1.56 bits per heavy atom. The molecule has 0 atom stereocenters. The van der Waals surface area contributed by atoms with Crippen molar-refractivity contribution in [2.75, 3.05) is 0 Å². The summed E-state index contributed by atoms with van der Waals surface area (Å²) in [6.07, 6.45) is 0.707. The van der Waals surface area contributed by atoms with Gasteiger partial charge in [0.2, 0.25) is 0 Å². The van der Waals surface area contributed by atoms with Crippen molar-refractivity contribution >= 4 is 32.8 Å². The van der Waals surface area contributed by atoms with Crippen LogP contribution in [0.2, 0.25) is 0 Å². The maximum atomic E-state index is 10.5. The minimum absolute atomic E-state index is 0.157. The van der Waals surface area contributed by atoms with Gasteiger partial charge in [-0.05, 0) is 40.0 Å². The summed E-state index contributed by atoms with van der Waals surface area (Å²) in [4.78, 5) is 10.5. The molecule has 4 nitrogen and oxygen atoms in total. The average molecular weight is 283 g/mol. The fourth-order valence-electron chi connectivity index (χ4n) is 1.67. The van der Waals surface area contributed by atoms with E-state index in [1.807, 2.05) is 25.2 Å². The zero-order valence-corrected chi connectivity index (χ0v) is 10.4. The zero-order chi connectivity index (χ0) is 11.7. The maximum absolute atomic E-state index is 10.5. The largest absolute Gasteiger partial charge is 0.481 e. The summed E-state index contributed by atoms with van der Waals surface area (Å²) in [6.45, 7) is 0. The first-order valence-corrected chi connectivity index (χ1v) is 5.70. The van der Waals surface area contributed by atoms with Gasteiger partial charge in [0.05, 0.1) is 5.52 Å². The van der Waals surface area contributed by atoms with Gasteiger partial charge in [-0.1, -0.05) is 6.07 Å². The highest BCUT2D eigenvalue weighted by Gasteiger charge is 2.07. The van der Waals surface area contributed by atoms with Crippen LogP contribution in [0, 0.1) is 0 Å². The molecule has 0 saturated carbocycles. The monoisotopic (exact) mass is 282 g/mol. The second kappa shape index (κ2) is 4.25. The van der Waals surface area contributed by atoms with Crippen molar-refractivity contribution in [3.63, 3.8) is 0 Å². The van der Waals surface area contributed by atoms with Crippen LogP contribution in [0.3, 0.4) is 0 Å². The molecule has 1 aromatic heterocycles. The Morgan fingerprint density at radius 3 is 3.00 bits per heavy atom. The summed E-state index contributed by atoms with van der Waals surface area (Å²) in [5, 5.41) is 13.9. The summed E-state index contributed by atoms with van der Waals surface area (Å²) in [5.41, 5.74) is 2.03. The Kier molecular flexibility index (Phi) is 2.96. The predicted octanol–water partition coefficient (Wildman–Crippen LogP) is 2.35. The second-order valence-corrected chi connectivity index (χ2v) is 4.41. The van der Waals surface area contributed by atoms with Crippen LogP contribution in [-0.4, -0.2) is 20.9 Å². The van der Waals surface area contributed by atoms with E-state index < -0.39 is 5.97 Å². The molecule has 0 amide bonds. The average Bonchev–Trinajstić information content (AvgIpc) is 2.52. The Morgan fingerprint density at radius 2 is 2.31 bits per heavy atom. The molecule has 16 heavy (non-hydrogen) atoms. The normalized spacial score (nSPS) is 10.9. The van der Waals surface area contributed by atoms with Crippen LogP contribution in [0.1, 0.15) is 12.0 Å². The molecule has 2 aromatic rings. The van der Waals surface area contributed by atoms with E-state index in [9.17, 15) is 4.79 Å². The van der Waals surface area contributed by atoms with Crippen molar-refractivity contribution in [3.8, 4) is 0 Å². The van der Waals surface area contributed by atoms with Crippen molar-refractivity contribution < 1.29 is 9.90 Å². The summed E-state index contributed by atoms with van der Waals surface area (Å²) in [6, 6.07) is 5.89. The summed E-state index contributed by atoms with van der Waals surface area (Å²) in [7, 11) is 1.87. The lowest BCUT2D eigenvalue weighted by atomic mass is 10.1. The van der Waals surface area contributed by atoms with E-state index in [2.05, 4.69) is 21.0 Å². The van der Waals surface area contributed by atoms with E-state index in [-0.39, 0.29) is 6.42 Å². The Balaban J connectivity index is 2.36. The number of benzene rings is 1. The predicted molar refractivity (Wildman–Crippen MR) is 64.4 cm³/mol. The number of nitrogens with zero attached hydrogens (tertiary/aromatic N) is 2. The molecule has 0 bridgehead atoms. The molecule has 0 unspecified atom stereocenters. The Hall–Kier alpha value is -1.36. The molecule has 0 spiro atoms. The van der Waals surface area contributed by atoms with Gasteiger partial charge in [0.1, 0.15) is 4.60 Å². The number of aryl methyl sites for hydroxylation is 2. The van der Waals surface area contributed by atoms with Crippen LogP contribution in [0.15, 0.2) is 22.8 Å². The molecule has 0 saturated heterocycles. The lowest BCUT2D eigenvalue weighted by molar-refractivity contribution is -0.136. The lowest BCUT2D eigenvalue weighted by Crippen LogP contribution is -1.97. The third-order valence-electron chi connectivity index (χ3n) is 2.50. The van der Waals surface area contributed by atoms with Crippen LogP contribution >= 0.6 is 15.9 Å². The quantitative estimate of drug-likeness (QED) is 0.940. The number of carboxylic acids is 1. The number of halogens is 1. The molecule has 2 rings (SSSR count). The molecule has 0 radical (unpaired) electrons. The molecule has 84 valence electrons. The molecular formula is C11H11BrN2O2. The number of rotatable bonds is 3. The van der Waals surface area contributed by atoms with E-state index in [4.69, 9.17) is 5.11 Å². The molecule has 1 N–H and O–H groups in total. The fourth-order valence-corrected chi connectivity index (χ4v) is 2.24. The topological polar surface area (TPSA) is 55.1 Å². The SMILES string of the molecule is Cn1nc(Br)c2ccc(CCC(=O)O)cc21. The van der Waals surface area contributed by atoms with E-state index in [0.29, 0.717) is 6.42 Å². The van der Waals surface area contributed by atoms with E-state index in [1.165, 1.54) is 0 Å². The van der Waals surface area contributed by atoms with Gasteiger partial charge in [-0.15, -0.1) is 0 Å². The lowest BCUT2D eigenvalue weighted by Gasteiger charge is -2.00. The van der Waals surface area contributed by atoms with Gasteiger partial charge < -0.3 is 5.11 Å². The highest BCUT2D eigenvalue weighted by molar-refractivity contribution is 9.10. The molecule has 0 aliphatic heterocycles. The van der Waals surface area contributed by atoms with Gasteiger partial charge in [0.15, 0.2) is 0 Å². The van der Waals surface area contributed by atoms with Crippen molar-refractivity contribution in [1.82, 2.24) is 9.78 Å². The first-order chi connectivity index (χ1) is 7.58. The first kappa shape index (κ1) is 11.1. The number of aromatic nitrogens is 2. The van der Waals surface area contributed by atoms with Gasteiger partial charge in [0.25, 0.3) is 0 Å². The third-order valence-corrected chi connectivity index (χ3v) is 3.08. The molecule has 0 aliphatic carbocycles. The number of aliphatic carboxylic acids is 1. The van der Waals surface area contributed by atoms with E-state index >= 15 is 0 Å². The van der Waals surface area contributed by atoms with Crippen LogP contribution in [-0.2, 0) is 18.3 Å². The van der Waals surface area contributed by atoms with Crippen LogP contribution in [0.25, 0.3) is 10.9 Å². The molecule has 1 aromatic carbocycles. The minimum atomic E-state index is -0.772. The molecule has 0 fully saturated rings. The van der Waals surface area contributed by atoms with Gasteiger partial charge >= 0.3 is 5.97 Å². The first-order valence-electron chi connectivity index (χ1n) is 4.91. The number of hydrogen-bond donors (Lipinski definition) is 1. The van der Waals surface area contributed by atoms with Crippen LogP contribution in [0.4, 0.5) is 0 Å². The smallest absolute Gasteiger partial charge is 0.303 e. The number of fused-ring (bicyclic) bond motifs is 1. The molecule has 1 heterocycles. The molecular weight excluding hydrogens is 272 g/mol. The van der Waals surface area contributed by atoms with Gasteiger partial charge in [0, 0.05) is 18.9 Å². The Labute approximate surface area is 101 Å². The Bertz CT molecular complexity index is 548. The van der Waals surface area contributed by atoms with Crippen molar-refractivity contribution in [3.05, 3.63) is 28.4 Å². The van der Waals surface area contributed by atoms with Crippen LogP contribution < -0.4 is 0 Å². The van der Waals surface area contributed by atoms with E-state index in [1.54, 1.807) is 4.68 Å². The zero-order valence-electron chi connectivity index (χ0n) is 8.77. The van der Waals surface area contributed by atoms with Crippen molar-refractivity contribution in [1.29, 1.82) is 0 Å². The molecule has 0 aliphatic rings. The highest BCUT2D eigenvalue weighted by Crippen LogP contribution is 2.23. The number of carbonyl (C=O) groups is 1. The molecule has 5 heteroatoms. The summed E-state index contributed by atoms with van der Waals surface area (Å²) in [5.74, 6) is -0.772. The van der Waals surface area contributed by atoms with Crippen molar-refractivity contribution in [2.24, 2.45) is 7.05 Å². The van der Waals surface area contributed by atoms with Crippen LogP contribution in [0.5, 0.6) is 0 Å². The summed E-state index contributed by atoms with van der Waals surface area (Å²) >= 11 is 3.38. The van der Waals surface area contributed by atoms with Crippen molar-refractivity contribution in [2.45, 2.75) is 12.8 Å². The van der Waals surface area contributed by atoms with Gasteiger partial charge in [-0.2, -0.15) is 5.10 Å². The fraction of sp³-hybridized carbons (Fsp3) is 0.273. The third kappa shape index (κ3) is 2.09. The summed E-state index contributed by atoms with van der Waals surface area (Å²) < 4.78 is 2.60.